The number of anilines is 1. The van der Waals surface area contributed by atoms with Crippen LogP contribution in [0.4, 0.5) is 10.1 Å². The third-order valence-electron chi connectivity index (χ3n) is 6.47. The zero-order chi connectivity index (χ0) is 24.7. The maximum Gasteiger partial charge on any atom is 0.229 e. The van der Waals surface area contributed by atoms with Crippen LogP contribution in [-0.2, 0) is 38.0 Å². The van der Waals surface area contributed by atoms with Gasteiger partial charge in [-0.1, -0.05) is 19.1 Å². The van der Waals surface area contributed by atoms with E-state index in [9.17, 15) is 13.2 Å². The average Bonchev–Trinajstić information content (AvgIpc) is 2.73. The standard InChI is InChI=1S/C24H32FN3O4S/c1-13-9-17(19(25)12-21(13)28-33(6,30)31)14(2)18-11-16-10-15(23(26)29)7-8-20(16)27-22(18)24(3,4)32-5/h9,11-12,14-15,28H,7-8,10H2,1-6H3,(H2,26,29)/t14-,15?/m0/s1. The van der Waals surface area contributed by atoms with Gasteiger partial charge < -0.3 is 10.5 Å². The second kappa shape index (κ2) is 9.02. The maximum absolute atomic E-state index is 15.2. The van der Waals surface area contributed by atoms with E-state index in [1.807, 2.05) is 26.8 Å². The molecule has 33 heavy (non-hydrogen) atoms. The number of ether oxygens (including phenoxy) is 1. The molecule has 0 aliphatic heterocycles. The number of hydrogen-bond donors (Lipinski definition) is 2. The summed E-state index contributed by atoms with van der Waals surface area (Å²) in [5.41, 5.74) is 9.42. The number of amides is 1. The topological polar surface area (TPSA) is 111 Å². The highest BCUT2D eigenvalue weighted by Crippen LogP contribution is 2.38. The van der Waals surface area contributed by atoms with Gasteiger partial charge in [-0.15, -0.1) is 0 Å². The third kappa shape index (κ3) is 5.35. The molecular formula is C24H32FN3O4S. The molecule has 0 radical (unpaired) electrons. The number of halogens is 1. The van der Waals surface area contributed by atoms with Gasteiger partial charge >= 0.3 is 0 Å². The van der Waals surface area contributed by atoms with Crippen LogP contribution < -0.4 is 10.5 Å². The largest absolute Gasteiger partial charge is 0.372 e. The summed E-state index contributed by atoms with van der Waals surface area (Å²) < 4.78 is 46.5. The second-order valence-corrected chi connectivity index (χ2v) is 11.1. The number of pyridine rings is 1. The fourth-order valence-corrected chi connectivity index (χ4v) is 4.97. The van der Waals surface area contributed by atoms with Gasteiger partial charge in [-0.2, -0.15) is 0 Å². The van der Waals surface area contributed by atoms with Gasteiger partial charge in [0.25, 0.3) is 0 Å². The van der Waals surface area contributed by atoms with Crippen molar-refractivity contribution in [3.63, 3.8) is 0 Å². The van der Waals surface area contributed by atoms with E-state index in [0.29, 0.717) is 36.1 Å². The van der Waals surface area contributed by atoms with Crippen molar-refractivity contribution in [2.75, 3.05) is 18.1 Å². The monoisotopic (exact) mass is 477 g/mol. The normalized spacial score (nSPS) is 17.4. The van der Waals surface area contributed by atoms with Crippen molar-refractivity contribution in [1.29, 1.82) is 0 Å². The second-order valence-electron chi connectivity index (χ2n) is 9.37. The molecule has 3 rings (SSSR count). The number of benzene rings is 1. The van der Waals surface area contributed by atoms with Crippen molar-refractivity contribution in [3.8, 4) is 0 Å². The number of nitrogens with two attached hydrogens (primary N) is 1. The maximum atomic E-state index is 15.2. The SMILES string of the molecule is COC(C)(C)c1nc2c(cc1[C@@H](C)c1cc(C)c(NS(C)(=O)=O)cc1F)CC(C(N)=O)CC2. The van der Waals surface area contributed by atoms with Gasteiger partial charge in [0.2, 0.25) is 15.9 Å². The molecule has 2 atom stereocenters. The van der Waals surface area contributed by atoms with E-state index in [0.717, 1.165) is 23.1 Å². The number of carbonyl (C=O) groups excluding carboxylic acids is 1. The summed E-state index contributed by atoms with van der Waals surface area (Å²) in [7, 11) is -1.93. The van der Waals surface area contributed by atoms with Crippen molar-refractivity contribution in [2.24, 2.45) is 11.7 Å². The smallest absolute Gasteiger partial charge is 0.229 e. The Morgan fingerprint density at radius 2 is 1.97 bits per heavy atom. The molecule has 1 aliphatic rings. The van der Waals surface area contributed by atoms with Crippen LogP contribution in [0.1, 0.15) is 66.8 Å². The quantitative estimate of drug-likeness (QED) is 0.634. The molecule has 1 unspecified atom stereocenters. The van der Waals surface area contributed by atoms with Crippen LogP contribution in [-0.4, -0.2) is 32.7 Å². The molecule has 1 amide bonds. The first kappa shape index (κ1) is 25.1. The Labute approximate surface area is 195 Å². The Morgan fingerprint density at radius 1 is 1.30 bits per heavy atom. The Bertz CT molecular complexity index is 1190. The predicted molar refractivity (Wildman–Crippen MR) is 126 cm³/mol. The lowest BCUT2D eigenvalue weighted by Crippen LogP contribution is -2.31. The van der Waals surface area contributed by atoms with Crippen LogP contribution in [0.3, 0.4) is 0 Å². The number of sulfonamides is 1. The van der Waals surface area contributed by atoms with E-state index >= 15 is 4.39 Å². The predicted octanol–water partition coefficient (Wildman–Crippen LogP) is 3.52. The summed E-state index contributed by atoms with van der Waals surface area (Å²) in [5, 5.41) is 0. The number of hydrogen-bond acceptors (Lipinski definition) is 5. The van der Waals surface area contributed by atoms with Gasteiger partial charge in [0.15, 0.2) is 0 Å². The zero-order valence-electron chi connectivity index (χ0n) is 20.0. The number of aromatic nitrogens is 1. The molecule has 0 spiro atoms. The number of fused-ring (bicyclic) bond motifs is 1. The lowest BCUT2D eigenvalue weighted by molar-refractivity contribution is -0.122. The van der Waals surface area contributed by atoms with Crippen molar-refractivity contribution >= 4 is 21.6 Å². The molecule has 180 valence electrons. The van der Waals surface area contributed by atoms with Gasteiger partial charge in [0, 0.05) is 24.6 Å². The van der Waals surface area contributed by atoms with Gasteiger partial charge in [-0.05, 0) is 68.4 Å². The minimum atomic E-state index is -3.53. The van der Waals surface area contributed by atoms with E-state index < -0.39 is 27.4 Å². The van der Waals surface area contributed by atoms with Gasteiger partial charge in [-0.25, -0.2) is 12.8 Å². The first-order valence-corrected chi connectivity index (χ1v) is 12.8. The molecule has 1 aliphatic carbocycles. The third-order valence-corrected chi connectivity index (χ3v) is 7.06. The highest BCUT2D eigenvalue weighted by molar-refractivity contribution is 7.92. The van der Waals surface area contributed by atoms with E-state index in [1.54, 1.807) is 20.1 Å². The number of nitrogens with zero attached hydrogens (tertiary/aromatic N) is 1. The zero-order valence-corrected chi connectivity index (χ0v) is 20.8. The minimum Gasteiger partial charge on any atom is -0.372 e. The fourth-order valence-electron chi connectivity index (χ4n) is 4.35. The van der Waals surface area contributed by atoms with Crippen molar-refractivity contribution in [3.05, 3.63) is 57.7 Å². The Hall–Kier alpha value is -2.52. The molecule has 1 aromatic heterocycles. The lowest BCUT2D eigenvalue weighted by atomic mass is 9.80. The number of primary amides is 1. The summed E-state index contributed by atoms with van der Waals surface area (Å²) in [6, 6.07) is 4.86. The summed E-state index contributed by atoms with van der Waals surface area (Å²) in [4.78, 5) is 16.7. The van der Waals surface area contributed by atoms with E-state index in [2.05, 4.69) is 4.72 Å². The Kier molecular flexibility index (Phi) is 6.87. The summed E-state index contributed by atoms with van der Waals surface area (Å²) in [6.07, 6.45) is 2.82. The van der Waals surface area contributed by atoms with Gasteiger partial charge in [0.05, 0.1) is 17.6 Å². The molecule has 7 nitrogen and oxygen atoms in total. The number of methoxy groups -OCH3 is 1. The molecule has 1 aromatic carbocycles. The van der Waals surface area contributed by atoms with E-state index in [4.69, 9.17) is 15.5 Å². The highest BCUT2D eigenvalue weighted by atomic mass is 32.2. The summed E-state index contributed by atoms with van der Waals surface area (Å²) >= 11 is 0. The van der Waals surface area contributed by atoms with Gasteiger partial charge in [0.1, 0.15) is 11.4 Å². The van der Waals surface area contributed by atoms with E-state index in [-0.39, 0.29) is 17.5 Å². The summed E-state index contributed by atoms with van der Waals surface area (Å²) in [5.74, 6) is -1.49. The van der Waals surface area contributed by atoms with Crippen LogP contribution in [0.15, 0.2) is 18.2 Å². The summed E-state index contributed by atoms with van der Waals surface area (Å²) in [6.45, 7) is 7.43. The Balaban J connectivity index is 2.13. The molecule has 1 heterocycles. The molecule has 2 aromatic rings. The molecule has 9 heteroatoms. The van der Waals surface area contributed by atoms with Crippen molar-refractivity contribution in [1.82, 2.24) is 4.98 Å². The molecular weight excluding hydrogens is 445 g/mol. The van der Waals surface area contributed by atoms with Crippen LogP contribution in [0, 0.1) is 18.7 Å². The first-order valence-electron chi connectivity index (χ1n) is 10.9. The van der Waals surface area contributed by atoms with Crippen LogP contribution in [0.25, 0.3) is 0 Å². The highest BCUT2D eigenvalue weighted by Gasteiger charge is 2.32. The fraction of sp³-hybridized carbons (Fsp3) is 0.500. The number of carbonyl (C=O) groups is 1. The van der Waals surface area contributed by atoms with Crippen LogP contribution in [0.5, 0.6) is 0 Å². The average molecular weight is 478 g/mol. The number of aryl methyl sites for hydroxylation is 2. The van der Waals surface area contributed by atoms with Crippen LogP contribution >= 0.6 is 0 Å². The van der Waals surface area contributed by atoms with Crippen molar-refractivity contribution < 1.29 is 22.3 Å². The van der Waals surface area contributed by atoms with Crippen LogP contribution in [0.2, 0.25) is 0 Å². The molecule has 0 fully saturated rings. The molecule has 3 N–H and O–H groups in total. The van der Waals surface area contributed by atoms with E-state index in [1.165, 1.54) is 6.07 Å². The molecule has 0 saturated carbocycles. The molecule has 0 bridgehead atoms. The van der Waals surface area contributed by atoms with Gasteiger partial charge in [-0.3, -0.25) is 14.5 Å². The Morgan fingerprint density at radius 3 is 2.55 bits per heavy atom. The minimum absolute atomic E-state index is 0.205. The number of nitrogens with one attached hydrogen (secondary N) is 1. The molecule has 0 saturated heterocycles. The van der Waals surface area contributed by atoms with Crippen molar-refractivity contribution in [2.45, 2.75) is 58.5 Å². The lowest BCUT2D eigenvalue weighted by Gasteiger charge is -2.31. The first-order chi connectivity index (χ1) is 15.2. The number of rotatable bonds is 7.